The number of amides is 1. The van der Waals surface area contributed by atoms with Crippen molar-refractivity contribution in [1.82, 2.24) is 20.8 Å². The Morgan fingerprint density at radius 2 is 2.00 bits per heavy atom. The molecule has 168 valence electrons. The molecule has 3 N–H and O–H groups in total. The normalized spacial score (nSPS) is 25.3. The van der Waals surface area contributed by atoms with Crippen LogP contribution in [-0.4, -0.2) is 54.6 Å². The molecule has 1 aromatic rings. The zero-order valence-electron chi connectivity index (χ0n) is 18.5. The van der Waals surface area contributed by atoms with Gasteiger partial charge < -0.3 is 20.1 Å². The van der Waals surface area contributed by atoms with Crippen LogP contribution in [0.25, 0.3) is 0 Å². The molecular formula is C22H36N4O4. The van der Waals surface area contributed by atoms with Gasteiger partial charge in [0.25, 0.3) is 0 Å². The van der Waals surface area contributed by atoms with Crippen LogP contribution in [0.5, 0.6) is 0 Å². The van der Waals surface area contributed by atoms with Gasteiger partial charge in [-0.25, -0.2) is 4.79 Å². The van der Waals surface area contributed by atoms with Gasteiger partial charge in [0.2, 0.25) is 0 Å². The number of hydrogen-bond acceptors (Lipinski definition) is 6. The van der Waals surface area contributed by atoms with Gasteiger partial charge in [-0.05, 0) is 57.1 Å². The summed E-state index contributed by atoms with van der Waals surface area (Å²) >= 11 is 0. The Morgan fingerprint density at radius 3 is 2.63 bits per heavy atom. The lowest BCUT2D eigenvalue weighted by Gasteiger charge is -2.36. The fourth-order valence-electron chi connectivity index (χ4n) is 5.08. The van der Waals surface area contributed by atoms with Gasteiger partial charge in [0.15, 0.2) is 0 Å². The van der Waals surface area contributed by atoms with Crippen molar-refractivity contribution in [2.45, 2.75) is 76.7 Å². The summed E-state index contributed by atoms with van der Waals surface area (Å²) in [6.45, 7) is 6.25. The van der Waals surface area contributed by atoms with Crippen molar-refractivity contribution in [2.75, 3.05) is 26.7 Å². The van der Waals surface area contributed by atoms with Crippen molar-refractivity contribution in [2.24, 2.45) is 5.41 Å². The van der Waals surface area contributed by atoms with E-state index in [1.54, 1.807) is 0 Å². The van der Waals surface area contributed by atoms with Gasteiger partial charge in [-0.3, -0.25) is 9.89 Å². The molecule has 8 heteroatoms. The fraction of sp³-hybridized carbons (Fsp3) is 0.773. The molecule has 1 spiro atoms. The van der Waals surface area contributed by atoms with Crippen molar-refractivity contribution >= 4 is 12.1 Å². The number of esters is 1. The molecule has 3 rings (SSSR count). The molecule has 0 aromatic carbocycles. The number of hydrogen-bond donors (Lipinski definition) is 3. The largest absolute Gasteiger partial charge is 0.459 e. The van der Waals surface area contributed by atoms with E-state index in [9.17, 15) is 9.59 Å². The average Bonchev–Trinajstić information content (AvgIpc) is 3.33. The molecule has 1 aliphatic heterocycles. The molecule has 1 saturated carbocycles. The third kappa shape index (κ3) is 4.79. The molecule has 1 amide bonds. The molecule has 2 heterocycles. The maximum absolute atomic E-state index is 12.6. The van der Waals surface area contributed by atoms with Crippen LogP contribution in [-0.2, 0) is 20.7 Å². The van der Waals surface area contributed by atoms with Crippen molar-refractivity contribution in [3.8, 4) is 0 Å². The lowest BCUT2D eigenvalue weighted by atomic mass is 9.69. The highest BCUT2D eigenvalue weighted by molar-refractivity contribution is 5.79. The first-order chi connectivity index (χ1) is 14.5. The standard InChI is InChI=1S/C22H36N4O4/c1-4-21(5-2)15-22(30-19(21)27)9-6-16(7-10-22)18-17(14-25-26-18)8-11-23-12-13-24-20(28)29-3/h14,16,23H,4-13,15H2,1-3H3,(H,24,28)(H,25,26). The second-order valence-corrected chi connectivity index (χ2v) is 8.74. The van der Waals surface area contributed by atoms with E-state index in [-0.39, 0.29) is 17.0 Å². The number of nitrogens with zero attached hydrogens (tertiary/aromatic N) is 1. The van der Waals surface area contributed by atoms with Gasteiger partial charge in [-0.2, -0.15) is 5.10 Å². The number of rotatable bonds is 9. The first-order valence-electron chi connectivity index (χ1n) is 11.3. The molecule has 0 atom stereocenters. The molecule has 0 unspecified atom stereocenters. The zero-order valence-corrected chi connectivity index (χ0v) is 18.5. The maximum atomic E-state index is 12.6. The summed E-state index contributed by atoms with van der Waals surface area (Å²) in [6.07, 6.45) is 8.89. The summed E-state index contributed by atoms with van der Waals surface area (Å²) in [4.78, 5) is 23.6. The van der Waals surface area contributed by atoms with Crippen LogP contribution < -0.4 is 10.6 Å². The van der Waals surface area contributed by atoms with Crippen molar-refractivity contribution in [3.05, 3.63) is 17.5 Å². The van der Waals surface area contributed by atoms with Crippen LogP contribution >= 0.6 is 0 Å². The van der Waals surface area contributed by atoms with E-state index in [2.05, 4.69) is 39.4 Å². The smallest absolute Gasteiger partial charge is 0.406 e. The van der Waals surface area contributed by atoms with Crippen molar-refractivity contribution in [1.29, 1.82) is 0 Å². The topological polar surface area (TPSA) is 105 Å². The monoisotopic (exact) mass is 420 g/mol. The minimum Gasteiger partial charge on any atom is -0.459 e. The number of nitrogens with one attached hydrogen (secondary N) is 3. The number of aromatic nitrogens is 2. The summed E-state index contributed by atoms with van der Waals surface area (Å²) in [5.41, 5.74) is 1.93. The summed E-state index contributed by atoms with van der Waals surface area (Å²) in [6, 6.07) is 0. The third-order valence-electron chi connectivity index (χ3n) is 7.14. The summed E-state index contributed by atoms with van der Waals surface area (Å²) in [5, 5.41) is 13.5. The highest BCUT2D eigenvalue weighted by Gasteiger charge is 2.55. The van der Waals surface area contributed by atoms with Crippen LogP contribution in [0.15, 0.2) is 6.20 Å². The third-order valence-corrected chi connectivity index (χ3v) is 7.14. The summed E-state index contributed by atoms with van der Waals surface area (Å²) in [5.74, 6) is 0.451. The summed E-state index contributed by atoms with van der Waals surface area (Å²) < 4.78 is 10.5. The Balaban J connectivity index is 1.47. The number of carbonyl (C=O) groups excluding carboxylic acids is 2. The van der Waals surface area contributed by atoms with E-state index in [0.29, 0.717) is 19.0 Å². The Morgan fingerprint density at radius 1 is 1.27 bits per heavy atom. The number of carbonyl (C=O) groups is 2. The Hall–Kier alpha value is -2.09. The average molecular weight is 421 g/mol. The second-order valence-electron chi connectivity index (χ2n) is 8.74. The number of alkyl carbamates (subject to hydrolysis) is 1. The van der Waals surface area contributed by atoms with E-state index in [1.807, 2.05) is 6.20 Å². The molecule has 1 aromatic heterocycles. The predicted molar refractivity (Wildman–Crippen MR) is 113 cm³/mol. The van der Waals surface area contributed by atoms with Crippen LogP contribution in [0.2, 0.25) is 0 Å². The van der Waals surface area contributed by atoms with E-state index in [1.165, 1.54) is 18.4 Å². The van der Waals surface area contributed by atoms with E-state index >= 15 is 0 Å². The van der Waals surface area contributed by atoms with E-state index in [0.717, 1.165) is 57.9 Å². The molecule has 8 nitrogen and oxygen atoms in total. The second kappa shape index (κ2) is 9.81. The highest BCUT2D eigenvalue weighted by Crippen LogP contribution is 2.53. The Bertz CT molecular complexity index is 720. The van der Waals surface area contributed by atoms with Crippen molar-refractivity contribution < 1.29 is 19.1 Å². The van der Waals surface area contributed by atoms with E-state index < -0.39 is 6.09 Å². The molecule has 0 bridgehead atoms. The molecule has 30 heavy (non-hydrogen) atoms. The minimum absolute atomic E-state index is 0.0148. The van der Waals surface area contributed by atoms with Crippen LogP contribution in [0.1, 0.15) is 76.0 Å². The van der Waals surface area contributed by atoms with Gasteiger partial charge in [0.1, 0.15) is 5.60 Å². The molecule has 0 radical (unpaired) electrons. The minimum atomic E-state index is -0.410. The summed E-state index contributed by atoms with van der Waals surface area (Å²) in [7, 11) is 1.36. The molecule has 1 saturated heterocycles. The SMILES string of the molecule is CCC1(CC)CC2(CCC(c3[nH]ncc3CCNCCNC(=O)OC)CC2)OC1=O. The highest BCUT2D eigenvalue weighted by atomic mass is 16.6. The molecule has 2 fully saturated rings. The zero-order chi connectivity index (χ0) is 21.6. The quantitative estimate of drug-likeness (QED) is 0.419. The lowest BCUT2D eigenvalue weighted by molar-refractivity contribution is -0.156. The van der Waals surface area contributed by atoms with Crippen molar-refractivity contribution in [3.63, 3.8) is 0 Å². The van der Waals surface area contributed by atoms with Gasteiger partial charge in [-0.15, -0.1) is 0 Å². The Labute approximate surface area is 178 Å². The van der Waals surface area contributed by atoms with Gasteiger partial charge in [-0.1, -0.05) is 13.8 Å². The van der Waals surface area contributed by atoms with Crippen LogP contribution in [0.3, 0.4) is 0 Å². The van der Waals surface area contributed by atoms with Gasteiger partial charge >= 0.3 is 12.1 Å². The first-order valence-corrected chi connectivity index (χ1v) is 11.3. The lowest BCUT2D eigenvalue weighted by Crippen LogP contribution is -2.34. The van der Waals surface area contributed by atoms with Gasteiger partial charge in [0, 0.05) is 31.1 Å². The fourth-order valence-corrected chi connectivity index (χ4v) is 5.08. The molecule has 1 aliphatic carbocycles. The predicted octanol–water partition coefficient (Wildman–Crippen LogP) is 3.05. The Kier molecular flexibility index (Phi) is 7.39. The molecule has 2 aliphatic rings. The first kappa shape index (κ1) is 22.6. The van der Waals surface area contributed by atoms with E-state index in [4.69, 9.17) is 4.74 Å². The number of aromatic amines is 1. The van der Waals surface area contributed by atoms with Crippen LogP contribution in [0, 0.1) is 5.41 Å². The number of methoxy groups -OCH3 is 1. The number of ether oxygens (including phenoxy) is 2. The maximum Gasteiger partial charge on any atom is 0.406 e. The number of H-pyrrole nitrogens is 1. The molecular weight excluding hydrogens is 384 g/mol. The van der Waals surface area contributed by atoms with Gasteiger partial charge in [0.05, 0.1) is 18.7 Å². The van der Waals surface area contributed by atoms with Crippen LogP contribution in [0.4, 0.5) is 4.79 Å².